The second-order valence-electron chi connectivity index (χ2n) is 5.38. The van der Waals surface area contributed by atoms with Gasteiger partial charge in [0.15, 0.2) is 5.69 Å². The van der Waals surface area contributed by atoms with Gasteiger partial charge in [0.05, 0.1) is 18.3 Å². The molecule has 6 nitrogen and oxygen atoms in total. The summed E-state index contributed by atoms with van der Waals surface area (Å²) in [6, 6.07) is 9.61. The number of nitrogens with one attached hydrogen (secondary N) is 1. The van der Waals surface area contributed by atoms with Crippen molar-refractivity contribution in [3.63, 3.8) is 0 Å². The Kier molecular flexibility index (Phi) is 4.61. The van der Waals surface area contributed by atoms with Crippen LogP contribution in [-0.4, -0.2) is 14.8 Å². The average molecular weight is 342 g/mol. The SMILES string of the molecule is CCn1c(O)c(N=NC(=S)NCc2ccco2)c2cc(C)ccc21. The monoisotopic (exact) mass is 342 g/mol. The molecule has 0 radical (unpaired) electrons. The van der Waals surface area contributed by atoms with Crippen LogP contribution in [0.3, 0.4) is 0 Å². The van der Waals surface area contributed by atoms with E-state index in [9.17, 15) is 5.11 Å². The van der Waals surface area contributed by atoms with E-state index in [2.05, 4.69) is 15.5 Å². The van der Waals surface area contributed by atoms with Gasteiger partial charge in [0.25, 0.3) is 0 Å². The molecule has 0 aliphatic rings. The molecule has 24 heavy (non-hydrogen) atoms. The molecule has 1 aromatic carbocycles. The van der Waals surface area contributed by atoms with Gasteiger partial charge in [-0.1, -0.05) is 11.6 Å². The standard InChI is InChI=1S/C17H18N4O2S/c1-3-21-14-7-6-11(2)9-13(14)15(16(21)22)19-20-17(24)18-10-12-5-4-8-23-12/h4-9,22H,3,10H2,1-2H3,(H,18,24). The molecule has 0 bridgehead atoms. The summed E-state index contributed by atoms with van der Waals surface area (Å²) in [5.41, 5.74) is 2.44. The van der Waals surface area contributed by atoms with Crippen LogP contribution in [0, 0.1) is 6.92 Å². The minimum atomic E-state index is 0.0932. The number of aromatic hydroxyl groups is 1. The highest BCUT2D eigenvalue weighted by Crippen LogP contribution is 2.39. The van der Waals surface area contributed by atoms with Gasteiger partial charge in [0.1, 0.15) is 5.76 Å². The van der Waals surface area contributed by atoms with Gasteiger partial charge in [0, 0.05) is 11.9 Å². The number of rotatable bonds is 4. The van der Waals surface area contributed by atoms with Gasteiger partial charge in [-0.2, -0.15) is 0 Å². The first-order valence-corrected chi connectivity index (χ1v) is 8.04. The molecule has 0 atom stereocenters. The number of thiocarbonyl (C=S) groups is 1. The lowest BCUT2D eigenvalue weighted by Gasteiger charge is -2.01. The lowest BCUT2D eigenvalue weighted by Crippen LogP contribution is -2.17. The average Bonchev–Trinajstić information content (AvgIpc) is 3.17. The zero-order valence-electron chi connectivity index (χ0n) is 13.5. The van der Waals surface area contributed by atoms with Crippen LogP contribution in [0.15, 0.2) is 51.2 Å². The van der Waals surface area contributed by atoms with E-state index in [4.69, 9.17) is 16.6 Å². The molecule has 0 amide bonds. The topological polar surface area (TPSA) is 75.0 Å². The highest BCUT2D eigenvalue weighted by molar-refractivity contribution is 7.80. The third-order valence-electron chi connectivity index (χ3n) is 3.72. The Bertz CT molecular complexity index is 897. The van der Waals surface area contributed by atoms with E-state index in [1.807, 2.05) is 44.2 Å². The largest absolute Gasteiger partial charge is 0.493 e. The summed E-state index contributed by atoms with van der Waals surface area (Å²) in [5.74, 6) is 0.851. The summed E-state index contributed by atoms with van der Waals surface area (Å²) in [6.07, 6.45) is 1.60. The smallest absolute Gasteiger partial charge is 0.220 e. The molecule has 3 rings (SSSR count). The third kappa shape index (κ3) is 3.16. The third-order valence-corrected chi connectivity index (χ3v) is 3.94. The number of benzene rings is 1. The fourth-order valence-electron chi connectivity index (χ4n) is 2.56. The first kappa shape index (κ1) is 16.2. The van der Waals surface area contributed by atoms with Crippen LogP contribution < -0.4 is 5.32 Å². The van der Waals surface area contributed by atoms with E-state index in [0.717, 1.165) is 22.2 Å². The van der Waals surface area contributed by atoms with Gasteiger partial charge >= 0.3 is 0 Å². The van der Waals surface area contributed by atoms with Gasteiger partial charge in [-0.25, -0.2) is 0 Å². The molecule has 2 aromatic heterocycles. The van der Waals surface area contributed by atoms with Gasteiger partial charge in [-0.05, 0) is 50.3 Å². The van der Waals surface area contributed by atoms with Crippen molar-refractivity contribution in [1.29, 1.82) is 0 Å². The Morgan fingerprint density at radius 1 is 1.38 bits per heavy atom. The van der Waals surface area contributed by atoms with Crippen LogP contribution >= 0.6 is 12.2 Å². The molecule has 2 heterocycles. The fraction of sp³-hybridized carbons (Fsp3) is 0.235. The number of azo groups is 1. The van der Waals surface area contributed by atoms with E-state index in [0.29, 0.717) is 18.8 Å². The zero-order valence-corrected chi connectivity index (χ0v) is 14.3. The predicted molar refractivity (Wildman–Crippen MR) is 96.7 cm³/mol. The molecule has 0 unspecified atom stereocenters. The van der Waals surface area contributed by atoms with Crippen molar-refractivity contribution in [2.24, 2.45) is 10.2 Å². The van der Waals surface area contributed by atoms with E-state index < -0.39 is 0 Å². The highest BCUT2D eigenvalue weighted by atomic mass is 32.1. The summed E-state index contributed by atoms with van der Waals surface area (Å²) in [4.78, 5) is 0. The van der Waals surface area contributed by atoms with E-state index in [1.54, 1.807) is 10.8 Å². The van der Waals surface area contributed by atoms with E-state index in [-0.39, 0.29) is 11.0 Å². The minimum absolute atomic E-state index is 0.0932. The molecule has 0 spiro atoms. The van der Waals surface area contributed by atoms with E-state index in [1.165, 1.54) is 0 Å². The second-order valence-corrected chi connectivity index (χ2v) is 5.76. The van der Waals surface area contributed by atoms with Crippen molar-refractivity contribution in [3.8, 4) is 5.88 Å². The molecular weight excluding hydrogens is 324 g/mol. The summed E-state index contributed by atoms with van der Waals surface area (Å²) in [5, 5.41) is 22.6. The van der Waals surface area contributed by atoms with Crippen LogP contribution in [0.25, 0.3) is 10.9 Å². The van der Waals surface area contributed by atoms with E-state index >= 15 is 0 Å². The molecule has 0 fully saturated rings. The van der Waals surface area contributed by atoms with Gasteiger partial charge < -0.3 is 19.4 Å². The maximum absolute atomic E-state index is 10.4. The summed E-state index contributed by atoms with van der Waals surface area (Å²) in [7, 11) is 0. The molecule has 2 N–H and O–H groups in total. The molecule has 3 aromatic rings. The van der Waals surface area contributed by atoms with Crippen molar-refractivity contribution in [2.75, 3.05) is 0 Å². The van der Waals surface area contributed by atoms with Crippen molar-refractivity contribution < 1.29 is 9.52 Å². The highest BCUT2D eigenvalue weighted by Gasteiger charge is 2.15. The summed E-state index contributed by atoms with van der Waals surface area (Å²) < 4.78 is 7.01. The first-order valence-electron chi connectivity index (χ1n) is 7.64. The number of furan rings is 1. The predicted octanol–water partition coefficient (Wildman–Crippen LogP) is 4.43. The number of aryl methyl sites for hydroxylation is 2. The van der Waals surface area contributed by atoms with Crippen LogP contribution in [0.5, 0.6) is 5.88 Å². The molecule has 0 aliphatic heterocycles. The van der Waals surface area contributed by atoms with Crippen LogP contribution in [-0.2, 0) is 13.1 Å². The van der Waals surface area contributed by atoms with Crippen LogP contribution in [0.4, 0.5) is 5.69 Å². The Balaban J connectivity index is 1.84. The lowest BCUT2D eigenvalue weighted by molar-refractivity contribution is 0.427. The Morgan fingerprint density at radius 2 is 2.21 bits per heavy atom. The lowest BCUT2D eigenvalue weighted by atomic mass is 10.1. The van der Waals surface area contributed by atoms with Crippen molar-refractivity contribution in [1.82, 2.24) is 9.88 Å². The number of fused-ring (bicyclic) bond motifs is 1. The molecule has 0 saturated carbocycles. The minimum Gasteiger partial charge on any atom is -0.493 e. The van der Waals surface area contributed by atoms with Gasteiger partial charge in [-0.3, -0.25) is 0 Å². The van der Waals surface area contributed by atoms with Crippen LogP contribution in [0.1, 0.15) is 18.2 Å². The maximum atomic E-state index is 10.4. The normalized spacial score (nSPS) is 11.4. The summed E-state index contributed by atoms with van der Waals surface area (Å²) in [6.45, 7) is 5.04. The Hall–Kier alpha value is -2.67. The number of nitrogens with zero attached hydrogens (tertiary/aromatic N) is 3. The molecule has 0 aliphatic carbocycles. The quantitative estimate of drug-likeness (QED) is 0.543. The van der Waals surface area contributed by atoms with Crippen LogP contribution in [0.2, 0.25) is 0 Å². The Morgan fingerprint density at radius 3 is 2.92 bits per heavy atom. The maximum Gasteiger partial charge on any atom is 0.220 e. The summed E-state index contributed by atoms with van der Waals surface area (Å²) >= 11 is 5.15. The molecule has 0 saturated heterocycles. The Labute approximate surface area is 144 Å². The number of hydrogen-bond acceptors (Lipinski definition) is 4. The molecule has 7 heteroatoms. The zero-order chi connectivity index (χ0) is 17.1. The fourth-order valence-corrected chi connectivity index (χ4v) is 2.68. The van der Waals surface area contributed by atoms with Gasteiger partial charge in [-0.15, -0.1) is 10.2 Å². The molecular formula is C17H18N4O2S. The molecule has 124 valence electrons. The second kappa shape index (κ2) is 6.84. The number of hydrogen-bond donors (Lipinski definition) is 2. The first-order chi connectivity index (χ1) is 11.6. The van der Waals surface area contributed by atoms with Gasteiger partial charge in [0.2, 0.25) is 11.0 Å². The van der Waals surface area contributed by atoms with Crippen molar-refractivity contribution in [3.05, 3.63) is 47.9 Å². The van der Waals surface area contributed by atoms with Crippen molar-refractivity contribution in [2.45, 2.75) is 26.9 Å². The number of aromatic nitrogens is 1. The van der Waals surface area contributed by atoms with Crippen molar-refractivity contribution >= 4 is 33.9 Å².